The van der Waals surface area contributed by atoms with Crippen molar-refractivity contribution in [1.29, 1.82) is 0 Å². The second kappa shape index (κ2) is 8.59. The Kier molecular flexibility index (Phi) is 6.15. The first-order valence-corrected chi connectivity index (χ1v) is 9.60. The van der Waals surface area contributed by atoms with Crippen molar-refractivity contribution in [1.82, 2.24) is 15.1 Å². The number of nitrogens with one attached hydrogen (secondary N) is 1. The van der Waals surface area contributed by atoms with E-state index in [4.69, 9.17) is 10.2 Å². The summed E-state index contributed by atoms with van der Waals surface area (Å²) in [5.74, 6) is -1.25. The molecular weight excluding hydrogens is 366 g/mol. The molecule has 1 heterocycles. The van der Waals surface area contributed by atoms with E-state index in [2.05, 4.69) is 36.5 Å². The van der Waals surface area contributed by atoms with Crippen LogP contribution in [0.25, 0.3) is 11.3 Å². The average Bonchev–Trinajstić information content (AvgIpc) is 3.06. The van der Waals surface area contributed by atoms with Gasteiger partial charge in [-0.2, -0.15) is 5.10 Å². The number of hydrogen-bond acceptors (Lipinski definition) is 4. The third-order valence-electron chi connectivity index (χ3n) is 4.87. The summed E-state index contributed by atoms with van der Waals surface area (Å²) in [5, 5.41) is 26.8. The molecule has 0 aliphatic rings. The zero-order valence-electron chi connectivity index (χ0n) is 17.0. The molecule has 1 aromatic heterocycles. The molecule has 2 aromatic carbocycles. The Labute approximate surface area is 170 Å². The van der Waals surface area contributed by atoms with Crippen LogP contribution in [0.5, 0.6) is 0 Å². The fourth-order valence-corrected chi connectivity index (χ4v) is 3.02. The van der Waals surface area contributed by atoms with Crippen LogP contribution in [-0.2, 0) is 17.9 Å². The second-order valence-corrected chi connectivity index (χ2v) is 7.73. The van der Waals surface area contributed by atoms with Crippen LogP contribution < -0.4 is 5.32 Å². The summed E-state index contributed by atoms with van der Waals surface area (Å²) in [7, 11) is 0. The van der Waals surface area contributed by atoms with E-state index >= 15 is 0 Å². The number of benzene rings is 2. The Morgan fingerprint density at radius 1 is 1.07 bits per heavy atom. The first-order chi connectivity index (χ1) is 13.7. The molecule has 3 rings (SSSR count). The quantitative estimate of drug-likeness (QED) is 0.547. The minimum Gasteiger partial charge on any atom is -0.479 e. The SMILES string of the molecule is Cc1ccc(Cn2cc(CNCC(C)(O)C(=O)O)c(-c3ccc(C)cc3)n2)cc1. The lowest BCUT2D eigenvalue weighted by molar-refractivity contribution is -0.156. The fourth-order valence-electron chi connectivity index (χ4n) is 3.02. The summed E-state index contributed by atoms with van der Waals surface area (Å²) in [6, 6.07) is 16.5. The van der Waals surface area contributed by atoms with Gasteiger partial charge in [-0.1, -0.05) is 59.7 Å². The van der Waals surface area contributed by atoms with Gasteiger partial charge in [0.2, 0.25) is 0 Å². The highest BCUT2D eigenvalue weighted by molar-refractivity contribution is 5.76. The van der Waals surface area contributed by atoms with Crippen LogP contribution >= 0.6 is 0 Å². The number of carbonyl (C=O) groups is 1. The molecule has 152 valence electrons. The molecule has 0 bridgehead atoms. The molecule has 0 fully saturated rings. The first kappa shape index (κ1) is 20.8. The van der Waals surface area contributed by atoms with Crippen LogP contribution in [0.4, 0.5) is 0 Å². The Morgan fingerprint density at radius 3 is 2.24 bits per heavy atom. The molecule has 0 aliphatic carbocycles. The molecule has 6 nitrogen and oxygen atoms in total. The van der Waals surface area contributed by atoms with Gasteiger partial charge in [0.25, 0.3) is 0 Å². The van der Waals surface area contributed by atoms with Gasteiger partial charge in [0.15, 0.2) is 5.60 Å². The molecular formula is C23H27N3O3. The maximum atomic E-state index is 11.1. The van der Waals surface area contributed by atoms with Crippen molar-refractivity contribution >= 4 is 5.97 Å². The van der Waals surface area contributed by atoms with Gasteiger partial charge in [-0.3, -0.25) is 4.68 Å². The predicted octanol–water partition coefficient (Wildman–Crippen LogP) is 3.14. The van der Waals surface area contributed by atoms with Gasteiger partial charge in [-0.05, 0) is 26.3 Å². The lowest BCUT2D eigenvalue weighted by Gasteiger charge is -2.18. The molecule has 1 atom stereocenters. The summed E-state index contributed by atoms with van der Waals surface area (Å²) in [5.41, 5.74) is 4.51. The van der Waals surface area contributed by atoms with E-state index in [1.165, 1.54) is 18.1 Å². The van der Waals surface area contributed by atoms with E-state index in [1.807, 2.05) is 42.1 Å². The van der Waals surface area contributed by atoms with Gasteiger partial charge in [0.1, 0.15) is 0 Å². The van der Waals surface area contributed by atoms with Crippen LogP contribution in [0.2, 0.25) is 0 Å². The van der Waals surface area contributed by atoms with E-state index in [0.29, 0.717) is 13.1 Å². The third kappa shape index (κ3) is 5.31. The van der Waals surface area contributed by atoms with E-state index in [0.717, 1.165) is 22.4 Å². The van der Waals surface area contributed by atoms with Crippen LogP contribution in [0, 0.1) is 13.8 Å². The number of carboxylic acids is 1. The smallest absolute Gasteiger partial charge is 0.336 e. The second-order valence-electron chi connectivity index (χ2n) is 7.73. The van der Waals surface area contributed by atoms with E-state index in [1.54, 1.807) is 0 Å². The number of carboxylic acid groups (broad SMARTS) is 1. The summed E-state index contributed by atoms with van der Waals surface area (Å²) < 4.78 is 1.90. The lowest BCUT2D eigenvalue weighted by Crippen LogP contribution is -2.44. The monoisotopic (exact) mass is 393 g/mol. The largest absolute Gasteiger partial charge is 0.479 e. The summed E-state index contributed by atoms with van der Waals surface area (Å²) >= 11 is 0. The summed E-state index contributed by atoms with van der Waals surface area (Å²) in [6.07, 6.45) is 1.97. The molecule has 0 saturated heterocycles. The highest BCUT2D eigenvalue weighted by Crippen LogP contribution is 2.23. The van der Waals surface area contributed by atoms with Gasteiger partial charge < -0.3 is 15.5 Å². The first-order valence-electron chi connectivity index (χ1n) is 9.60. The third-order valence-corrected chi connectivity index (χ3v) is 4.87. The van der Waals surface area contributed by atoms with Crippen molar-refractivity contribution in [2.75, 3.05) is 6.54 Å². The molecule has 0 aliphatic heterocycles. The number of aliphatic carboxylic acids is 1. The Balaban J connectivity index is 1.84. The van der Waals surface area contributed by atoms with Crippen LogP contribution in [0.1, 0.15) is 29.2 Å². The number of nitrogens with zero attached hydrogens (tertiary/aromatic N) is 2. The molecule has 1 unspecified atom stereocenters. The highest BCUT2D eigenvalue weighted by Gasteiger charge is 2.29. The van der Waals surface area contributed by atoms with Gasteiger partial charge in [-0.15, -0.1) is 0 Å². The van der Waals surface area contributed by atoms with Crippen molar-refractivity contribution in [3.63, 3.8) is 0 Å². The molecule has 0 saturated carbocycles. The van der Waals surface area contributed by atoms with E-state index < -0.39 is 11.6 Å². The standard InChI is InChI=1S/C23H27N3O3/c1-16-4-8-18(9-5-16)13-26-14-20(12-24-15-23(3,29)22(27)28)21(25-26)19-10-6-17(2)7-11-19/h4-11,14,24,29H,12-13,15H2,1-3H3,(H,27,28). The van der Waals surface area contributed by atoms with Crippen LogP contribution in [0.3, 0.4) is 0 Å². The van der Waals surface area contributed by atoms with Crippen molar-refractivity contribution in [2.45, 2.75) is 39.5 Å². The fraction of sp³-hybridized carbons (Fsp3) is 0.304. The minimum absolute atomic E-state index is 0.0567. The van der Waals surface area contributed by atoms with E-state index in [-0.39, 0.29) is 6.54 Å². The van der Waals surface area contributed by atoms with Gasteiger partial charge in [0, 0.05) is 30.4 Å². The summed E-state index contributed by atoms with van der Waals surface area (Å²) in [6.45, 7) is 6.37. The van der Waals surface area contributed by atoms with Crippen molar-refractivity contribution in [3.05, 3.63) is 77.0 Å². The lowest BCUT2D eigenvalue weighted by atomic mass is 10.1. The van der Waals surface area contributed by atoms with Crippen LogP contribution in [0.15, 0.2) is 54.7 Å². The molecule has 3 aromatic rings. The number of aromatic nitrogens is 2. The summed E-state index contributed by atoms with van der Waals surface area (Å²) in [4.78, 5) is 11.1. The molecule has 0 radical (unpaired) electrons. The normalized spacial score (nSPS) is 13.2. The predicted molar refractivity (Wildman–Crippen MR) is 113 cm³/mol. The highest BCUT2D eigenvalue weighted by atomic mass is 16.4. The van der Waals surface area contributed by atoms with Gasteiger partial charge in [0.05, 0.1) is 12.2 Å². The topological polar surface area (TPSA) is 87.4 Å². The zero-order valence-corrected chi connectivity index (χ0v) is 17.0. The average molecular weight is 393 g/mol. The zero-order chi connectivity index (χ0) is 21.0. The van der Waals surface area contributed by atoms with Crippen molar-refractivity contribution in [2.24, 2.45) is 0 Å². The molecule has 0 spiro atoms. The van der Waals surface area contributed by atoms with Crippen molar-refractivity contribution < 1.29 is 15.0 Å². The maximum absolute atomic E-state index is 11.1. The molecule has 0 amide bonds. The molecule has 29 heavy (non-hydrogen) atoms. The van der Waals surface area contributed by atoms with Crippen molar-refractivity contribution in [3.8, 4) is 11.3 Å². The number of aliphatic hydroxyl groups is 1. The minimum atomic E-state index is -1.82. The van der Waals surface area contributed by atoms with Crippen LogP contribution in [-0.4, -0.2) is 38.1 Å². The Morgan fingerprint density at radius 2 is 1.66 bits per heavy atom. The maximum Gasteiger partial charge on any atom is 0.336 e. The van der Waals surface area contributed by atoms with Gasteiger partial charge >= 0.3 is 5.97 Å². The Bertz CT molecular complexity index is 974. The number of aryl methyl sites for hydroxylation is 2. The molecule has 6 heteroatoms. The van der Waals surface area contributed by atoms with Gasteiger partial charge in [-0.25, -0.2) is 4.79 Å². The van der Waals surface area contributed by atoms with E-state index in [9.17, 15) is 9.90 Å². The Hall–Kier alpha value is -2.96. The molecule has 3 N–H and O–H groups in total. The number of rotatable bonds is 8. The number of hydrogen-bond donors (Lipinski definition) is 3.